The SMILES string of the molecule is c1ccc(N(c2ccccc2)c2ccc(-c3ccc4c(c3)C3(c5ccccc5-4)c4ccccc4-c4ccc(-c5ccc(N(c6ccccc6)c6ccccc6)cc5)cc43)cc2)cc1. The van der Waals surface area contributed by atoms with E-state index in [-0.39, 0.29) is 0 Å². The van der Waals surface area contributed by atoms with Gasteiger partial charge >= 0.3 is 0 Å². The Labute approximate surface area is 369 Å². The predicted molar refractivity (Wildman–Crippen MR) is 263 cm³/mol. The summed E-state index contributed by atoms with van der Waals surface area (Å²) in [5, 5.41) is 0. The van der Waals surface area contributed by atoms with Crippen molar-refractivity contribution in [3.8, 4) is 44.5 Å². The third kappa shape index (κ3) is 5.95. The van der Waals surface area contributed by atoms with Crippen LogP contribution >= 0.6 is 0 Å². The molecule has 0 heterocycles. The van der Waals surface area contributed by atoms with Crippen LogP contribution in [0.2, 0.25) is 0 Å². The van der Waals surface area contributed by atoms with Crippen molar-refractivity contribution >= 4 is 34.1 Å². The fraction of sp³-hybridized carbons (Fsp3) is 0.0164. The first-order valence-electron chi connectivity index (χ1n) is 21.8. The fourth-order valence-electron chi connectivity index (χ4n) is 10.3. The highest BCUT2D eigenvalue weighted by molar-refractivity contribution is 5.97. The Morgan fingerprint density at radius 2 is 0.476 bits per heavy atom. The highest BCUT2D eigenvalue weighted by Crippen LogP contribution is 2.63. The molecule has 0 saturated carbocycles. The molecule has 2 aliphatic carbocycles. The molecule has 10 aromatic carbocycles. The summed E-state index contributed by atoms with van der Waals surface area (Å²) >= 11 is 0. The molecule has 2 aliphatic rings. The van der Waals surface area contributed by atoms with Crippen molar-refractivity contribution in [1.82, 2.24) is 0 Å². The van der Waals surface area contributed by atoms with Gasteiger partial charge < -0.3 is 9.80 Å². The molecular formula is C61H42N2. The molecule has 63 heavy (non-hydrogen) atoms. The Morgan fingerprint density at radius 1 is 0.206 bits per heavy atom. The molecule has 1 spiro atoms. The van der Waals surface area contributed by atoms with E-state index in [9.17, 15) is 0 Å². The van der Waals surface area contributed by atoms with E-state index in [0.29, 0.717) is 0 Å². The van der Waals surface area contributed by atoms with Crippen molar-refractivity contribution in [2.24, 2.45) is 0 Å². The number of hydrogen-bond donors (Lipinski definition) is 0. The van der Waals surface area contributed by atoms with E-state index in [0.717, 1.165) is 34.1 Å². The number of anilines is 6. The molecule has 0 bridgehead atoms. The second-order valence-electron chi connectivity index (χ2n) is 16.5. The summed E-state index contributed by atoms with van der Waals surface area (Å²) in [7, 11) is 0. The van der Waals surface area contributed by atoms with E-state index >= 15 is 0 Å². The quantitative estimate of drug-likeness (QED) is 0.151. The zero-order valence-electron chi connectivity index (χ0n) is 34.6. The molecule has 0 aromatic heterocycles. The van der Waals surface area contributed by atoms with Crippen molar-refractivity contribution in [2.45, 2.75) is 5.41 Å². The van der Waals surface area contributed by atoms with E-state index < -0.39 is 5.41 Å². The maximum absolute atomic E-state index is 2.48. The molecule has 0 N–H and O–H groups in total. The lowest BCUT2D eigenvalue weighted by molar-refractivity contribution is 0.794. The summed E-state index contributed by atoms with van der Waals surface area (Å²) in [5.74, 6) is 0. The Morgan fingerprint density at radius 3 is 0.825 bits per heavy atom. The van der Waals surface area contributed by atoms with Crippen LogP contribution in [0.3, 0.4) is 0 Å². The minimum atomic E-state index is -0.474. The van der Waals surface area contributed by atoms with Gasteiger partial charge in [-0.05, 0) is 152 Å². The van der Waals surface area contributed by atoms with E-state index in [1.54, 1.807) is 0 Å². The van der Waals surface area contributed by atoms with Gasteiger partial charge in [-0.1, -0.05) is 170 Å². The zero-order chi connectivity index (χ0) is 41.7. The lowest BCUT2D eigenvalue weighted by atomic mass is 9.70. The topological polar surface area (TPSA) is 6.48 Å². The summed E-state index contributed by atoms with van der Waals surface area (Å²) in [5.41, 5.74) is 21.6. The lowest BCUT2D eigenvalue weighted by Gasteiger charge is -2.31. The minimum Gasteiger partial charge on any atom is -0.311 e. The Kier molecular flexibility index (Phi) is 8.76. The number of benzene rings is 10. The van der Waals surface area contributed by atoms with Crippen LogP contribution in [0.25, 0.3) is 44.5 Å². The van der Waals surface area contributed by atoms with E-state index in [1.807, 2.05) is 0 Å². The monoisotopic (exact) mass is 802 g/mol. The molecule has 0 unspecified atom stereocenters. The van der Waals surface area contributed by atoms with Crippen LogP contribution < -0.4 is 9.80 Å². The maximum Gasteiger partial charge on any atom is 0.0725 e. The molecule has 2 nitrogen and oxygen atoms in total. The van der Waals surface area contributed by atoms with Crippen molar-refractivity contribution in [3.63, 3.8) is 0 Å². The van der Waals surface area contributed by atoms with Crippen LogP contribution in [0, 0.1) is 0 Å². The van der Waals surface area contributed by atoms with Crippen molar-refractivity contribution < 1.29 is 0 Å². The molecule has 0 fully saturated rings. The molecule has 2 heteroatoms. The average molecular weight is 803 g/mol. The minimum absolute atomic E-state index is 0.474. The van der Waals surface area contributed by atoms with Crippen molar-refractivity contribution in [3.05, 3.63) is 277 Å². The Balaban J connectivity index is 0.974. The number of fused-ring (bicyclic) bond motifs is 10. The summed E-state index contributed by atoms with van der Waals surface area (Å²) in [4.78, 5) is 4.64. The summed E-state index contributed by atoms with van der Waals surface area (Å²) in [6, 6.07) is 93.0. The van der Waals surface area contributed by atoms with Crippen LogP contribution in [0.1, 0.15) is 22.3 Å². The van der Waals surface area contributed by atoms with Gasteiger partial charge in [-0.25, -0.2) is 0 Å². The first kappa shape index (κ1) is 36.6. The van der Waals surface area contributed by atoms with Gasteiger partial charge in [0.25, 0.3) is 0 Å². The number of hydrogen-bond acceptors (Lipinski definition) is 2. The molecule has 296 valence electrons. The van der Waals surface area contributed by atoms with Crippen LogP contribution in [-0.2, 0) is 5.41 Å². The molecule has 0 amide bonds. The third-order valence-electron chi connectivity index (χ3n) is 13.1. The second-order valence-corrected chi connectivity index (χ2v) is 16.5. The first-order chi connectivity index (χ1) is 31.3. The predicted octanol–water partition coefficient (Wildman–Crippen LogP) is 16.3. The second kappa shape index (κ2) is 15.1. The number of nitrogens with zero attached hydrogens (tertiary/aromatic N) is 2. The highest BCUT2D eigenvalue weighted by atomic mass is 15.1. The maximum atomic E-state index is 2.48. The van der Waals surface area contributed by atoms with Gasteiger partial charge in [-0.2, -0.15) is 0 Å². The fourth-order valence-corrected chi connectivity index (χ4v) is 10.3. The van der Waals surface area contributed by atoms with Crippen molar-refractivity contribution in [2.75, 3.05) is 9.80 Å². The summed E-state index contributed by atoms with van der Waals surface area (Å²) in [6.07, 6.45) is 0. The molecule has 0 atom stereocenters. The van der Waals surface area contributed by atoms with Gasteiger partial charge in [-0.15, -0.1) is 0 Å². The normalized spacial score (nSPS) is 12.6. The highest BCUT2D eigenvalue weighted by Gasteiger charge is 2.51. The van der Waals surface area contributed by atoms with E-state index in [2.05, 4.69) is 265 Å². The smallest absolute Gasteiger partial charge is 0.0725 e. The molecular weight excluding hydrogens is 761 g/mol. The molecule has 0 radical (unpaired) electrons. The summed E-state index contributed by atoms with van der Waals surface area (Å²) < 4.78 is 0. The van der Waals surface area contributed by atoms with Gasteiger partial charge in [0, 0.05) is 34.1 Å². The largest absolute Gasteiger partial charge is 0.311 e. The van der Waals surface area contributed by atoms with E-state index in [1.165, 1.54) is 66.8 Å². The molecule has 12 rings (SSSR count). The summed E-state index contributed by atoms with van der Waals surface area (Å²) in [6.45, 7) is 0. The average Bonchev–Trinajstić information content (AvgIpc) is 3.83. The molecule has 0 aliphatic heterocycles. The first-order valence-corrected chi connectivity index (χ1v) is 21.8. The van der Waals surface area contributed by atoms with Crippen LogP contribution in [-0.4, -0.2) is 0 Å². The molecule has 10 aromatic rings. The van der Waals surface area contributed by atoms with Gasteiger partial charge in [-0.3, -0.25) is 0 Å². The van der Waals surface area contributed by atoms with Crippen LogP contribution in [0.4, 0.5) is 34.1 Å². The zero-order valence-corrected chi connectivity index (χ0v) is 34.6. The van der Waals surface area contributed by atoms with Gasteiger partial charge in [0.1, 0.15) is 0 Å². The van der Waals surface area contributed by atoms with Gasteiger partial charge in [0.15, 0.2) is 0 Å². The lowest BCUT2D eigenvalue weighted by Crippen LogP contribution is -2.26. The van der Waals surface area contributed by atoms with Crippen LogP contribution in [0.15, 0.2) is 255 Å². The molecule has 0 saturated heterocycles. The third-order valence-corrected chi connectivity index (χ3v) is 13.1. The van der Waals surface area contributed by atoms with Gasteiger partial charge in [0.05, 0.1) is 5.41 Å². The Hall–Kier alpha value is -8.20. The van der Waals surface area contributed by atoms with Crippen molar-refractivity contribution in [1.29, 1.82) is 0 Å². The van der Waals surface area contributed by atoms with E-state index in [4.69, 9.17) is 0 Å². The van der Waals surface area contributed by atoms with Gasteiger partial charge in [0.2, 0.25) is 0 Å². The van der Waals surface area contributed by atoms with Crippen LogP contribution in [0.5, 0.6) is 0 Å². The Bertz CT molecular complexity index is 2950. The number of rotatable bonds is 8. The number of para-hydroxylation sites is 4. The standard InChI is InChI=1S/C61H42N2/c1-5-17-47(18-6-1)62(48-19-7-2-8-20-48)51-35-29-43(30-36-51)45-33-39-55-53-25-13-15-27-57(53)61(59(55)41-45)58-28-16-14-26-54(58)56-40-34-46(42-60(56)61)44-31-37-52(38-32-44)63(49-21-9-3-10-22-49)50-23-11-4-12-24-50/h1-42H.